The number of carbonyl (C=O) groups excluding carboxylic acids is 1. The summed E-state index contributed by atoms with van der Waals surface area (Å²) in [5, 5.41) is 2.57. The number of hydrogen-bond acceptors (Lipinski definition) is 3. The molecule has 1 unspecified atom stereocenters. The fourth-order valence-electron chi connectivity index (χ4n) is 3.32. The quantitative estimate of drug-likeness (QED) is 0.0774. The summed E-state index contributed by atoms with van der Waals surface area (Å²) in [5.74, 6) is 1.46. The van der Waals surface area contributed by atoms with Gasteiger partial charge in [-0.25, -0.2) is 4.79 Å². The van der Waals surface area contributed by atoms with E-state index in [0.29, 0.717) is 5.75 Å². The van der Waals surface area contributed by atoms with Crippen LogP contribution in [0.1, 0.15) is 11.1 Å². The summed E-state index contributed by atoms with van der Waals surface area (Å²) >= 11 is 0. The van der Waals surface area contributed by atoms with E-state index >= 15 is 0 Å². The Labute approximate surface area is 212 Å². The van der Waals surface area contributed by atoms with Crippen molar-refractivity contribution in [2.75, 3.05) is 6.26 Å². The maximum absolute atomic E-state index is 11.9. The molecule has 4 aromatic carbocycles. The van der Waals surface area contributed by atoms with Crippen molar-refractivity contribution in [2.45, 2.75) is 17.3 Å². The van der Waals surface area contributed by atoms with Crippen LogP contribution in [0, 0.1) is 0 Å². The van der Waals surface area contributed by atoms with E-state index in [0.717, 1.165) is 11.3 Å². The van der Waals surface area contributed by atoms with Gasteiger partial charge in [0.2, 0.25) is 0 Å². The molecule has 4 rings (SSSR count). The van der Waals surface area contributed by atoms with Crippen molar-refractivity contribution in [2.24, 2.45) is 0 Å². The molecule has 4 aromatic rings. The Balaban J connectivity index is 0.000000479. The second kappa shape index (κ2) is 10.6. The van der Waals surface area contributed by atoms with Gasteiger partial charge < -0.3 is 9.47 Å². The second-order valence-electron chi connectivity index (χ2n) is 7.98. The number of fused-ring (bicyclic) bond motifs is 1. The predicted octanol–water partition coefficient (Wildman–Crippen LogP) is 9.74. The third kappa shape index (κ3) is 11.1. The molecule has 0 aromatic heterocycles. The summed E-state index contributed by atoms with van der Waals surface area (Å²) in [4.78, 5) is 13.2. The topological polar surface area (TPSA) is 35.5 Å². The monoisotopic (exact) mass is 560 g/mol. The zero-order valence-electron chi connectivity index (χ0n) is 19.5. The average Bonchev–Trinajstić information content (AvgIpc) is 2.82. The minimum absolute atomic E-state index is 0.0386. The van der Waals surface area contributed by atoms with Crippen LogP contribution in [-0.4, -0.2) is 12.4 Å². The summed E-state index contributed by atoms with van der Waals surface area (Å²) in [6.45, 7) is 0.196. The van der Waals surface area contributed by atoms with Crippen LogP contribution in [0.2, 0.25) is 0 Å². The van der Waals surface area contributed by atoms with Gasteiger partial charge in [0, 0.05) is 16.5 Å². The number of halogens is 6. The number of rotatable bonds is 6. The number of benzene rings is 4. The van der Waals surface area contributed by atoms with E-state index in [-0.39, 0.29) is 17.5 Å². The van der Waals surface area contributed by atoms with E-state index in [4.69, 9.17) is 9.47 Å². The van der Waals surface area contributed by atoms with Crippen LogP contribution in [0.4, 0.5) is 30.0 Å². The van der Waals surface area contributed by atoms with Gasteiger partial charge in [0.25, 0.3) is 0 Å². The normalized spacial score (nSPS) is 13.9. The molecule has 0 amide bonds. The van der Waals surface area contributed by atoms with Gasteiger partial charge >= 0.3 is 39.1 Å². The molecule has 0 fully saturated rings. The molecule has 0 saturated carbocycles. The molecule has 0 saturated heterocycles. The first kappa shape index (κ1) is 28.3. The third-order valence-corrected chi connectivity index (χ3v) is 6.70. The number of carbonyl (C=O) groups is 1. The van der Waals surface area contributed by atoms with Crippen molar-refractivity contribution in [3.05, 3.63) is 108 Å². The third-order valence-electron chi connectivity index (χ3n) is 4.88. The van der Waals surface area contributed by atoms with E-state index in [1.165, 1.54) is 21.2 Å². The molecule has 0 heterocycles. The van der Waals surface area contributed by atoms with Crippen molar-refractivity contribution in [1.29, 1.82) is 0 Å². The molecule has 0 spiro atoms. The predicted molar refractivity (Wildman–Crippen MR) is 136 cm³/mol. The van der Waals surface area contributed by atoms with Crippen LogP contribution < -0.4 is 4.74 Å². The summed E-state index contributed by atoms with van der Waals surface area (Å²) in [6, 6.07) is 32.2. The first-order valence-electron chi connectivity index (χ1n) is 10.8. The number of ether oxygens (including phenoxy) is 2. The van der Waals surface area contributed by atoms with E-state index in [1.807, 2.05) is 54.6 Å². The molecule has 0 aliphatic carbocycles. The van der Waals surface area contributed by atoms with Gasteiger partial charge in [-0.3, -0.25) is 0 Å². The fraction of sp³-hybridized carbons (Fsp3) is 0.115. The standard InChI is InChI=1S/C26H23O3S.F6P/c1-30(19-22-12-7-11-21-10-5-6-13-25(21)22)24-16-14-23(15-17-24)29-26(27)28-18-20-8-3-2-4-9-20;1-7(2,3,4,5)6/h2-17H,18-19H2,1H3;/q+1;-1. The molecule has 0 radical (unpaired) electrons. The van der Waals surface area contributed by atoms with Gasteiger partial charge in [-0.15, -0.1) is 0 Å². The Morgan fingerprint density at radius 2 is 1.32 bits per heavy atom. The van der Waals surface area contributed by atoms with Crippen molar-refractivity contribution >= 4 is 35.6 Å². The molecule has 37 heavy (non-hydrogen) atoms. The SMILES string of the molecule is C[S+](Cc1cccc2ccccc12)c1ccc(OC(=O)OCc2ccccc2)cc1.F[P-](F)(F)(F)(F)F. The Morgan fingerprint density at radius 3 is 1.97 bits per heavy atom. The van der Waals surface area contributed by atoms with Crippen molar-refractivity contribution in [3.63, 3.8) is 0 Å². The fourth-order valence-corrected chi connectivity index (χ4v) is 4.80. The van der Waals surface area contributed by atoms with Crippen LogP contribution in [0.15, 0.2) is 102 Å². The van der Waals surface area contributed by atoms with Gasteiger partial charge in [-0.2, -0.15) is 0 Å². The van der Waals surface area contributed by atoms with E-state index < -0.39 is 14.0 Å². The Kier molecular flexibility index (Phi) is 8.15. The second-order valence-corrected chi connectivity index (χ2v) is 11.9. The summed E-state index contributed by atoms with van der Waals surface area (Å²) < 4.78 is 69.7. The van der Waals surface area contributed by atoms with Crippen molar-refractivity contribution in [3.8, 4) is 5.75 Å². The molecular formula is C26H23F6O3PS. The molecule has 198 valence electrons. The molecule has 0 N–H and O–H groups in total. The molecule has 0 aliphatic rings. The van der Waals surface area contributed by atoms with Gasteiger partial charge in [0.05, 0.1) is 0 Å². The zero-order valence-corrected chi connectivity index (χ0v) is 21.2. The average molecular weight is 560 g/mol. The molecule has 3 nitrogen and oxygen atoms in total. The van der Waals surface area contributed by atoms with Crippen LogP contribution in [0.5, 0.6) is 5.75 Å². The minimum atomic E-state index is -10.7. The van der Waals surface area contributed by atoms with Crippen molar-refractivity contribution < 1.29 is 39.4 Å². The van der Waals surface area contributed by atoms with Gasteiger partial charge in [0.15, 0.2) is 4.90 Å². The van der Waals surface area contributed by atoms with Crippen molar-refractivity contribution in [1.82, 2.24) is 0 Å². The van der Waals surface area contributed by atoms with E-state index in [2.05, 4.69) is 48.7 Å². The molecular weight excluding hydrogens is 537 g/mol. The Hall–Kier alpha value is -3.23. The first-order chi connectivity index (χ1) is 17.1. The maximum atomic E-state index is 11.9. The first-order valence-corrected chi connectivity index (χ1v) is 14.6. The molecule has 0 bridgehead atoms. The van der Waals surface area contributed by atoms with Gasteiger partial charge in [-0.05, 0) is 40.6 Å². The van der Waals surface area contributed by atoms with Crippen LogP contribution in [0.25, 0.3) is 10.8 Å². The van der Waals surface area contributed by atoms with E-state index in [1.54, 1.807) is 0 Å². The molecule has 11 heteroatoms. The van der Waals surface area contributed by atoms with Crippen LogP contribution >= 0.6 is 7.81 Å². The van der Waals surface area contributed by atoms with Crippen LogP contribution in [-0.2, 0) is 28.0 Å². The molecule has 0 aliphatic heterocycles. The summed E-state index contributed by atoms with van der Waals surface area (Å²) in [6.07, 6.45) is 1.55. The van der Waals surface area contributed by atoms with Gasteiger partial charge in [-0.1, -0.05) is 72.8 Å². The summed E-state index contributed by atoms with van der Waals surface area (Å²) in [7, 11) is -10.6. The molecule has 1 atom stereocenters. The number of hydrogen-bond donors (Lipinski definition) is 0. The van der Waals surface area contributed by atoms with Crippen LogP contribution in [0.3, 0.4) is 0 Å². The summed E-state index contributed by atoms with van der Waals surface area (Å²) in [5.41, 5.74) is 2.28. The van der Waals surface area contributed by atoms with E-state index in [9.17, 15) is 30.0 Å². The zero-order chi connectivity index (χ0) is 27.2. The van der Waals surface area contributed by atoms with Gasteiger partial charge in [0.1, 0.15) is 24.4 Å². The Bertz CT molecular complexity index is 1330. The Morgan fingerprint density at radius 1 is 0.757 bits per heavy atom.